The van der Waals surface area contributed by atoms with Gasteiger partial charge in [-0.05, 0) is 12.1 Å². The number of nitro benzene ring substituents is 1. The molecule has 0 fully saturated rings. The van der Waals surface area contributed by atoms with E-state index in [-0.39, 0.29) is 23.5 Å². The summed E-state index contributed by atoms with van der Waals surface area (Å²) in [5, 5.41) is 19.3. The Kier molecular flexibility index (Phi) is 5.00. The van der Waals surface area contributed by atoms with E-state index in [0.717, 1.165) is 6.07 Å². The lowest BCUT2D eigenvalue weighted by molar-refractivity contribution is -0.385. The van der Waals surface area contributed by atoms with Crippen LogP contribution in [0.15, 0.2) is 18.2 Å². The van der Waals surface area contributed by atoms with Gasteiger partial charge in [-0.25, -0.2) is 13.1 Å². The Bertz CT molecular complexity index is 626. The van der Waals surface area contributed by atoms with Gasteiger partial charge in [-0.3, -0.25) is 14.9 Å². The van der Waals surface area contributed by atoms with Gasteiger partial charge in [0.2, 0.25) is 10.0 Å². The number of carbonyl (C=O) groups is 1. The first kappa shape index (κ1) is 15.9. The number of hydrogen-bond donors (Lipinski definition) is 2. The molecule has 0 unspecified atom stereocenters. The Labute approximate surface area is 114 Å². The maximum Gasteiger partial charge on any atom is 0.320 e. The van der Waals surface area contributed by atoms with E-state index >= 15 is 0 Å². The van der Waals surface area contributed by atoms with E-state index < -0.39 is 26.7 Å². The minimum Gasteiger partial charge on any atom is -0.497 e. The number of aliphatic carboxylic acids is 1. The molecule has 0 radical (unpaired) electrons. The molecule has 0 saturated heterocycles. The van der Waals surface area contributed by atoms with Crippen LogP contribution < -0.4 is 9.46 Å². The molecule has 0 bridgehead atoms. The molecule has 0 amide bonds. The Balaban J connectivity index is 2.93. The number of nitrogens with zero attached hydrogens (tertiary/aromatic N) is 1. The van der Waals surface area contributed by atoms with Crippen LogP contribution >= 0.6 is 0 Å². The molecule has 2 N–H and O–H groups in total. The first-order valence-corrected chi connectivity index (χ1v) is 6.91. The summed E-state index contributed by atoms with van der Waals surface area (Å²) >= 11 is 0. The summed E-state index contributed by atoms with van der Waals surface area (Å²) in [6, 6.07) is 3.93. The topological polar surface area (TPSA) is 136 Å². The van der Waals surface area contributed by atoms with Gasteiger partial charge in [0.05, 0.1) is 18.1 Å². The minimum absolute atomic E-state index is 0.102. The van der Waals surface area contributed by atoms with Gasteiger partial charge >= 0.3 is 5.97 Å². The van der Waals surface area contributed by atoms with E-state index in [0.29, 0.717) is 0 Å². The number of rotatable bonds is 7. The summed E-state index contributed by atoms with van der Waals surface area (Å²) in [6.07, 6.45) is 0. The molecule has 1 aromatic rings. The normalized spacial score (nSPS) is 11.1. The van der Waals surface area contributed by atoms with Crippen molar-refractivity contribution in [3.8, 4) is 5.75 Å². The van der Waals surface area contributed by atoms with Crippen LogP contribution in [0.3, 0.4) is 0 Å². The average Bonchev–Trinajstić information content (AvgIpc) is 2.34. The molecule has 9 nitrogen and oxygen atoms in total. The van der Waals surface area contributed by atoms with Crippen molar-refractivity contribution in [3.05, 3.63) is 33.9 Å². The molecule has 1 aromatic carbocycles. The monoisotopic (exact) mass is 304 g/mol. The number of nitro groups is 1. The van der Waals surface area contributed by atoms with E-state index in [1.165, 1.54) is 19.2 Å². The molecule has 0 aliphatic heterocycles. The fourth-order valence-electron chi connectivity index (χ4n) is 1.39. The third kappa shape index (κ3) is 4.48. The first-order chi connectivity index (χ1) is 9.25. The molecule has 1 rings (SSSR count). The van der Waals surface area contributed by atoms with Crippen molar-refractivity contribution in [2.75, 3.05) is 12.9 Å². The van der Waals surface area contributed by atoms with Crippen LogP contribution in [0.5, 0.6) is 5.75 Å². The Morgan fingerprint density at radius 2 is 2.15 bits per heavy atom. The highest BCUT2D eigenvalue weighted by atomic mass is 32.2. The van der Waals surface area contributed by atoms with Crippen molar-refractivity contribution in [3.63, 3.8) is 0 Å². The van der Waals surface area contributed by atoms with E-state index in [1.54, 1.807) is 0 Å². The van der Waals surface area contributed by atoms with Gasteiger partial charge in [0.15, 0.2) is 5.75 Å². The number of hydrogen-bond acceptors (Lipinski definition) is 6. The van der Waals surface area contributed by atoms with E-state index in [4.69, 9.17) is 9.84 Å². The summed E-state index contributed by atoms with van der Waals surface area (Å²) in [6.45, 7) is -0.379. The SMILES string of the molecule is COc1ccc(CNS(=O)(=O)CC(=O)O)c([N+](=O)[O-])c1. The lowest BCUT2D eigenvalue weighted by atomic mass is 10.2. The molecule has 0 atom stereocenters. The molecule has 0 heterocycles. The van der Waals surface area contributed by atoms with Gasteiger partial charge in [0.1, 0.15) is 5.75 Å². The van der Waals surface area contributed by atoms with Gasteiger partial charge in [-0.15, -0.1) is 0 Å². The van der Waals surface area contributed by atoms with Gasteiger partial charge in [-0.2, -0.15) is 0 Å². The van der Waals surface area contributed by atoms with E-state index in [1.807, 2.05) is 4.72 Å². The Hall–Kier alpha value is -2.20. The first-order valence-electron chi connectivity index (χ1n) is 5.25. The van der Waals surface area contributed by atoms with Crippen molar-refractivity contribution in [1.29, 1.82) is 0 Å². The predicted octanol–water partition coefficient (Wildman–Crippen LogP) is 0.107. The molecular weight excluding hydrogens is 292 g/mol. The maximum absolute atomic E-state index is 11.3. The fraction of sp³-hybridized carbons (Fsp3) is 0.300. The molecule has 0 aliphatic rings. The third-order valence-electron chi connectivity index (χ3n) is 2.29. The highest BCUT2D eigenvalue weighted by Crippen LogP contribution is 2.24. The van der Waals surface area contributed by atoms with E-state index in [9.17, 15) is 23.3 Å². The molecule has 0 aromatic heterocycles. The van der Waals surface area contributed by atoms with Crippen LogP contribution in [0.2, 0.25) is 0 Å². The molecular formula is C10H12N2O7S. The number of benzene rings is 1. The van der Waals surface area contributed by atoms with Crippen LogP contribution in [-0.4, -0.2) is 37.3 Å². The molecule has 110 valence electrons. The second kappa shape index (κ2) is 6.30. The van der Waals surface area contributed by atoms with Crippen molar-refractivity contribution >= 4 is 21.7 Å². The smallest absolute Gasteiger partial charge is 0.320 e. The van der Waals surface area contributed by atoms with Crippen LogP contribution in [-0.2, 0) is 21.4 Å². The average molecular weight is 304 g/mol. The number of carboxylic acid groups (broad SMARTS) is 1. The number of carboxylic acids is 1. The number of methoxy groups -OCH3 is 1. The highest BCUT2D eigenvalue weighted by Gasteiger charge is 2.19. The van der Waals surface area contributed by atoms with Gasteiger partial charge in [0, 0.05) is 12.1 Å². The molecule has 0 aliphatic carbocycles. The van der Waals surface area contributed by atoms with Crippen molar-refractivity contribution in [2.45, 2.75) is 6.54 Å². The van der Waals surface area contributed by atoms with Gasteiger partial charge < -0.3 is 9.84 Å². The molecule has 0 spiro atoms. The zero-order valence-corrected chi connectivity index (χ0v) is 11.2. The summed E-state index contributed by atoms with van der Waals surface area (Å²) in [7, 11) is -2.70. The maximum atomic E-state index is 11.3. The zero-order valence-electron chi connectivity index (χ0n) is 10.4. The van der Waals surface area contributed by atoms with Crippen molar-refractivity contribution < 1.29 is 28.0 Å². The predicted molar refractivity (Wildman–Crippen MR) is 67.9 cm³/mol. The number of ether oxygens (including phenoxy) is 1. The van der Waals surface area contributed by atoms with Crippen LogP contribution in [0, 0.1) is 10.1 Å². The van der Waals surface area contributed by atoms with Gasteiger partial charge in [-0.1, -0.05) is 0 Å². The van der Waals surface area contributed by atoms with Crippen molar-refractivity contribution in [1.82, 2.24) is 4.72 Å². The Morgan fingerprint density at radius 3 is 2.65 bits per heavy atom. The largest absolute Gasteiger partial charge is 0.497 e. The third-order valence-corrected chi connectivity index (χ3v) is 3.50. The molecule has 10 heteroatoms. The quantitative estimate of drug-likeness (QED) is 0.538. The van der Waals surface area contributed by atoms with Crippen molar-refractivity contribution in [2.24, 2.45) is 0 Å². The summed E-state index contributed by atoms with van der Waals surface area (Å²) in [4.78, 5) is 20.5. The summed E-state index contributed by atoms with van der Waals surface area (Å²) in [5.74, 6) is -2.35. The Morgan fingerprint density at radius 1 is 1.50 bits per heavy atom. The summed E-state index contributed by atoms with van der Waals surface area (Å²) in [5.41, 5.74) is -0.216. The lowest BCUT2D eigenvalue weighted by Crippen LogP contribution is -2.29. The second-order valence-electron chi connectivity index (χ2n) is 3.73. The van der Waals surface area contributed by atoms with Crippen LogP contribution in [0.1, 0.15) is 5.56 Å². The van der Waals surface area contributed by atoms with Gasteiger partial charge in [0.25, 0.3) is 5.69 Å². The number of nitrogens with one attached hydrogen (secondary N) is 1. The second-order valence-corrected chi connectivity index (χ2v) is 5.53. The fourth-order valence-corrected chi connectivity index (χ4v) is 2.19. The highest BCUT2D eigenvalue weighted by molar-refractivity contribution is 7.90. The van der Waals surface area contributed by atoms with Crippen LogP contribution in [0.25, 0.3) is 0 Å². The van der Waals surface area contributed by atoms with Crippen LogP contribution in [0.4, 0.5) is 5.69 Å². The molecule has 20 heavy (non-hydrogen) atoms. The molecule has 0 saturated carbocycles. The minimum atomic E-state index is -4.04. The zero-order chi connectivity index (χ0) is 15.3. The van der Waals surface area contributed by atoms with E-state index in [2.05, 4.69) is 0 Å². The number of sulfonamides is 1. The standard InChI is InChI=1S/C10H12N2O7S/c1-19-8-3-2-7(9(4-8)12(15)16)5-11-20(17,18)6-10(13)14/h2-4,11H,5-6H2,1H3,(H,13,14). The lowest BCUT2D eigenvalue weighted by Gasteiger charge is -2.07. The summed E-state index contributed by atoms with van der Waals surface area (Å²) < 4.78 is 29.5.